The maximum atomic E-state index is 10.5. The van der Waals surface area contributed by atoms with Crippen molar-refractivity contribution in [1.29, 1.82) is 0 Å². The number of likely N-dealkylation sites (tertiary alicyclic amines) is 1. The molecule has 17 heavy (non-hydrogen) atoms. The standard InChI is InChI=1S/C11H17N3O2S/c1-14-4-2-3-9(14)6-12-11-13-8(7-17-11)5-10(15)16/h7,9H,2-6H2,1H3,(H,12,13)(H,15,16). The molecule has 1 atom stereocenters. The number of nitrogens with one attached hydrogen (secondary N) is 1. The number of likely N-dealkylation sites (N-methyl/N-ethyl adjacent to an activating group) is 1. The second-order valence-corrected chi connectivity index (χ2v) is 5.23. The van der Waals surface area contributed by atoms with Crippen LogP contribution in [0.5, 0.6) is 0 Å². The minimum absolute atomic E-state index is 0.00150. The summed E-state index contributed by atoms with van der Waals surface area (Å²) in [5.41, 5.74) is 0.629. The van der Waals surface area contributed by atoms with Crippen molar-refractivity contribution in [3.05, 3.63) is 11.1 Å². The Morgan fingerprint density at radius 1 is 1.76 bits per heavy atom. The highest BCUT2D eigenvalue weighted by Gasteiger charge is 2.20. The number of carboxylic acid groups (broad SMARTS) is 1. The van der Waals surface area contributed by atoms with E-state index in [4.69, 9.17) is 5.11 Å². The Hall–Kier alpha value is -1.14. The minimum atomic E-state index is -0.836. The zero-order valence-electron chi connectivity index (χ0n) is 9.85. The Morgan fingerprint density at radius 2 is 2.59 bits per heavy atom. The molecule has 5 nitrogen and oxygen atoms in total. The third kappa shape index (κ3) is 3.41. The van der Waals surface area contributed by atoms with Crippen LogP contribution in [0, 0.1) is 0 Å². The van der Waals surface area contributed by atoms with E-state index in [1.54, 1.807) is 5.38 Å². The normalized spacial score (nSPS) is 20.6. The van der Waals surface area contributed by atoms with E-state index in [0.29, 0.717) is 11.7 Å². The molecular formula is C11H17N3O2S. The number of thiazole rings is 1. The molecule has 1 unspecified atom stereocenters. The summed E-state index contributed by atoms with van der Waals surface area (Å²) >= 11 is 1.47. The number of hydrogen-bond acceptors (Lipinski definition) is 5. The monoisotopic (exact) mass is 255 g/mol. The largest absolute Gasteiger partial charge is 0.481 e. The van der Waals surface area contributed by atoms with Gasteiger partial charge >= 0.3 is 5.97 Å². The first kappa shape index (κ1) is 12.3. The summed E-state index contributed by atoms with van der Waals surface area (Å²) in [4.78, 5) is 17.1. The predicted octanol–water partition coefficient (Wildman–Crippen LogP) is 1.28. The number of anilines is 1. The molecule has 1 fully saturated rings. The predicted molar refractivity (Wildman–Crippen MR) is 67.6 cm³/mol. The van der Waals surface area contributed by atoms with Gasteiger partial charge in [0.2, 0.25) is 0 Å². The molecular weight excluding hydrogens is 238 g/mol. The van der Waals surface area contributed by atoms with Crippen LogP contribution in [0.4, 0.5) is 5.13 Å². The molecule has 1 aromatic rings. The molecule has 0 amide bonds. The second-order valence-electron chi connectivity index (χ2n) is 4.37. The average Bonchev–Trinajstić information content (AvgIpc) is 2.84. The van der Waals surface area contributed by atoms with Gasteiger partial charge in [0.05, 0.1) is 12.1 Å². The van der Waals surface area contributed by atoms with Crippen molar-refractivity contribution in [2.75, 3.05) is 25.5 Å². The van der Waals surface area contributed by atoms with E-state index in [9.17, 15) is 4.79 Å². The molecule has 2 rings (SSSR count). The van der Waals surface area contributed by atoms with Crippen molar-refractivity contribution >= 4 is 22.4 Å². The topological polar surface area (TPSA) is 65.5 Å². The summed E-state index contributed by atoms with van der Waals surface area (Å²) in [5.74, 6) is -0.836. The van der Waals surface area contributed by atoms with Crippen LogP contribution >= 0.6 is 11.3 Å². The molecule has 0 saturated carbocycles. The first-order valence-electron chi connectivity index (χ1n) is 5.75. The van der Waals surface area contributed by atoms with Gasteiger partial charge in [-0.3, -0.25) is 4.79 Å². The fraction of sp³-hybridized carbons (Fsp3) is 0.636. The summed E-state index contributed by atoms with van der Waals surface area (Å²) in [6.07, 6.45) is 2.48. The van der Waals surface area contributed by atoms with Crippen molar-refractivity contribution in [3.63, 3.8) is 0 Å². The van der Waals surface area contributed by atoms with E-state index in [0.717, 1.165) is 18.2 Å². The third-order valence-electron chi connectivity index (χ3n) is 3.04. The number of rotatable bonds is 5. The summed E-state index contributed by atoms with van der Waals surface area (Å²) in [6, 6.07) is 0.571. The van der Waals surface area contributed by atoms with Gasteiger partial charge in [0.15, 0.2) is 5.13 Å². The third-order valence-corrected chi connectivity index (χ3v) is 3.89. The van der Waals surface area contributed by atoms with E-state index in [1.165, 1.54) is 24.2 Å². The van der Waals surface area contributed by atoms with Crippen LogP contribution in [0.15, 0.2) is 5.38 Å². The lowest BCUT2D eigenvalue weighted by molar-refractivity contribution is -0.136. The van der Waals surface area contributed by atoms with E-state index >= 15 is 0 Å². The highest BCUT2D eigenvalue weighted by atomic mass is 32.1. The summed E-state index contributed by atoms with van der Waals surface area (Å²) in [5, 5.41) is 14.6. The second kappa shape index (κ2) is 5.46. The van der Waals surface area contributed by atoms with E-state index < -0.39 is 5.97 Å². The molecule has 0 spiro atoms. The highest BCUT2D eigenvalue weighted by Crippen LogP contribution is 2.19. The number of carbonyl (C=O) groups is 1. The van der Waals surface area contributed by atoms with Crippen molar-refractivity contribution in [3.8, 4) is 0 Å². The van der Waals surface area contributed by atoms with Gasteiger partial charge in [-0.25, -0.2) is 4.98 Å². The number of aliphatic carboxylic acids is 1. The van der Waals surface area contributed by atoms with E-state index in [1.807, 2.05) is 0 Å². The Labute approximate surface area is 104 Å². The van der Waals surface area contributed by atoms with Gasteiger partial charge in [0, 0.05) is 18.0 Å². The zero-order valence-corrected chi connectivity index (χ0v) is 10.7. The van der Waals surface area contributed by atoms with Gasteiger partial charge < -0.3 is 15.3 Å². The van der Waals surface area contributed by atoms with Gasteiger partial charge in [0.1, 0.15) is 0 Å². The van der Waals surface area contributed by atoms with Crippen LogP contribution in [0.3, 0.4) is 0 Å². The molecule has 6 heteroatoms. The van der Waals surface area contributed by atoms with Crippen LogP contribution in [0.1, 0.15) is 18.5 Å². The molecule has 2 heterocycles. The lowest BCUT2D eigenvalue weighted by Gasteiger charge is -2.19. The molecule has 2 N–H and O–H groups in total. The molecule has 94 valence electrons. The maximum Gasteiger partial charge on any atom is 0.309 e. The van der Waals surface area contributed by atoms with Crippen molar-refractivity contribution in [2.24, 2.45) is 0 Å². The fourth-order valence-corrected chi connectivity index (χ4v) is 2.79. The van der Waals surface area contributed by atoms with Crippen LogP contribution in [-0.2, 0) is 11.2 Å². The first-order chi connectivity index (χ1) is 8.15. The summed E-state index contributed by atoms with van der Waals surface area (Å²) < 4.78 is 0. The van der Waals surface area contributed by atoms with Crippen LogP contribution in [0.25, 0.3) is 0 Å². The molecule has 1 saturated heterocycles. The lowest BCUT2D eigenvalue weighted by atomic mass is 10.2. The van der Waals surface area contributed by atoms with Crippen LogP contribution in [-0.4, -0.2) is 47.1 Å². The SMILES string of the molecule is CN1CCCC1CNc1nc(CC(=O)O)cs1. The van der Waals surface area contributed by atoms with Crippen molar-refractivity contribution in [2.45, 2.75) is 25.3 Å². The van der Waals surface area contributed by atoms with Gasteiger partial charge in [-0.15, -0.1) is 11.3 Å². The number of nitrogens with zero attached hydrogens (tertiary/aromatic N) is 2. The fourth-order valence-electron chi connectivity index (χ4n) is 2.07. The van der Waals surface area contributed by atoms with Gasteiger partial charge in [-0.2, -0.15) is 0 Å². The molecule has 1 aliphatic heterocycles. The van der Waals surface area contributed by atoms with E-state index in [2.05, 4.69) is 22.2 Å². The minimum Gasteiger partial charge on any atom is -0.481 e. The Bertz CT molecular complexity index is 394. The molecule has 1 aliphatic rings. The van der Waals surface area contributed by atoms with Crippen molar-refractivity contribution < 1.29 is 9.90 Å². The molecule has 1 aromatic heterocycles. The molecule has 0 aromatic carbocycles. The summed E-state index contributed by atoms with van der Waals surface area (Å²) in [7, 11) is 2.14. The van der Waals surface area contributed by atoms with Gasteiger partial charge in [-0.05, 0) is 26.4 Å². The first-order valence-corrected chi connectivity index (χ1v) is 6.63. The maximum absolute atomic E-state index is 10.5. The Morgan fingerprint density at radius 3 is 3.24 bits per heavy atom. The number of aromatic nitrogens is 1. The molecule has 0 bridgehead atoms. The Kier molecular flexibility index (Phi) is 3.96. The number of carboxylic acids is 1. The lowest BCUT2D eigenvalue weighted by Crippen LogP contribution is -2.31. The zero-order chi connectivity index (χ0) is 12.3. The van der Waals surface area contributed by atoms with Gasteiger partial charge in [0.25, 0.3) is 0 Å². The quantitative estimate of drug-likeness (QED) is 0.829. The van der Waals surface area contributed by atoms with Gasteiger partial charge in [-0.1, -0.05) is 0 Å². The highest BCUT2D eigenvalue weighted by molar-refractivity contribution is 7.13. The Balaban J connectivity index is 1.82. The van der Waals surface area contributed by atoms with Crippen LogP contribution in [0.2, 0.25) is 0 Å². The van der Waals surface area contributed by atoms with Crippen molar-refractivity contribution in [1.82, 2.24) is 9.88 Å². The molecule has 0 radical (unpaired) electrons. The van der Waals surface area contributed by atoms with Crippen LogP contribution < -0.4 is 5.32 Å². The number of hydrogen-bond donors (Lipinski definition) is 2. The molecule has 0 aliphatic carbocycles. The van der Waals surface area contributed by atoms with E-state index in [-0.39, 0.29) is 6.42 Å². The smallest absolute Gasteiger partial charge is 0.309 e. The summed E-state index contributed by atoms with van der Waals surface area (Å²) in [6.45, 7) is 2.05. The average molecular weight is 255 g/mol.